The highest BCUT2D eigenvalue weighted by atomic mass is 16.3. The summed E-state index contributed by atoms with van der Waals surface area (Å²) in [5.74, 6) is 0.807. The van der Waals surface area contributed by atoms with E-state index >= 15 is 0 Å². The number of phenols is 1. The SMILES string of the molecule is CC[C@H](C)c1ccccc1NC(=O)[C@@H](C)[NH+]1CCN(c2ccccc2O)CC1. The molecule has 1 heterocycles. The van der Waals surface area contributed by atoms with E-state index in [0.717, 1.165) is 44.0 Å². The maximum atomic E-state index is 12.9. The van der Waals surface area contributed by atoms with E-state index < -0.39 is 0 Å². The number of anilines is 2. The van der Waals surface area contributed by atoms with Crippen LogP contribution in [0.4, 0.5) is 11.4 Å². The van der Waals surface area contributed by atoms with Crippen molar-refractivity contribution in [1.82, 2.24) is 0 Å². The number of rotatable bonds is 6. The van der Waals surface area contributed by atoms with Crippen LogP contribution in [0.3, 0.4) is 0 Å². The summed E-state index contributed by atoms with van der Waals surface area (Å²) in [5.41, 5.74) is 3.01. The van der Waals surface area contributed by atoms with Crippen molar-refractivity contribution in [3.63, 3.8) is 0 Å². The van der Waals surface area contributed by atoms with Gasteiger partial charge in [0.1, 0.15) is 5.75 Å². The van der Waals surface area contributed by atoms with Crippen molar-refractivity contribution in [3.8, 4) is 5.75 Å². The van der Waals surface area contributed by atoms with E-state index in [1.54, 1.807) is 6.07 Å². The molecule has 0 aliphatic carbocycles. The lowest BCUT2D eigenvalue weighted by Crippen LogP contribution is -3.19. The van der Waals surface area contributed by atoms with Gasteiger partial charge < -0.3 is 20.2 Å². The van der Waals surface area contributed by atoms with Gasteiger partial charge in [-0.15, -0.1) is 0 Å². The molecule has 2 aromatic carbocycles. The number of nitrogens with one attached hydrogen (secondary N) is 2. The van der Waals surface area contributed by atoms with Crippen molar-refractivity contribution < 1.29 is 14.8 Å². The predicted octanol–water partition coefficient (Wildman–Crippen LogP) is 2.64. The monoisotopic (exact) mass is 382 g/mol. The summed E-state index contributed by atoms with van der Waals surface area (Å²) in [6.07, 6.45) is 1.04. The first-order chi connectivity index (χ1) is 13.5. The Balaban J connectivity index is 1.60. The maximum Gasteiger partial charge on any atom is 0.282 e. The fraction of sp³-hybridized carbons (Fsp3) is 0.435. The normalized spacial score (nSPS) is 17.2. The second-order valence-electron chi connectivity index (χ2n) is 7.74. The molecular formula is C23H32N3O2+. The number of benzene rings is 2. The maximum absolute atomic E-state index is 12.9. The van der Waals surface area contributed by atoms with Gasteiger partial charge in [-0.25, -0.2) is 0 Å². The Morgan fingerprint density at radius 1 is 1.11 bits per heavy atom. The number of quaternary nitrogens is 1. The van der Waals surface area contributed by atoms with E-state index in [0.29, 0.717) is 11.7 Å². The molecule has 3 N–H and O–H groups in total. The molecule has 1 fully saturated rings. The minimum absolute atomic E-state index is 0.0711. The van der Waals surface area contributed by atoms with E-state index in [4.69, 9.17) is 0 Å². The van der Waals surface area contributed by atoms with Crippen molar-refractivity contribution in [2.24, 2.45) is 0 Å². The van der Waals surface area contributed by atoms with E-state index in [1.807, 2.05) is 43.3 Å². The molecule has 0 bridgehead atoms. The average molecular weight is 383 g/mol. The lowest BCUT2D eigenvalue weighted by Gasteiger charge is -2.36. The van der Waals surface area contributed by atoms with Gasteiger partial charge in [-0.2, -0.15) is 0 Å². The Morgan fingerprint density at radius 2 is 1.75 bits per heavy atom. The molecule has 1 saturated heterocycles. The van der Waals surface area contributed by atoms with Crippen molar-refractivity contribution >= 4 is 17.3 Å². The topological polar surface area (TPSA) is 57.0 Å². The predicted molar refractivity (Wildman–Crippen MR) is 114 cm³/mol. The number of piperazine rings is 1. The quantitative estimate of drug-likeness (QED) is 0.720. The van der Waals surface area contributed by atoms with Crippen LogP contribution in [0.15, 0.2) is 48.5 Å². The second-order valence-corrected chi connectivity index (χ2v) is 7.74. The van der Waals surface area contributed by atoms with Crippen LogP contribution in [0.5, 0.6) is 5.75 Å². The summed E-state index contributed by atoms with van der Waals surface area (Å²) in [5, 5.41) is 13.2. The molecule has 0 spiro atoms. The van der Waals surface area contributed by atoms with Crippen LogP contribution in [0.2, 0.25) is 0 Å². The van der Waals surface area contributed by atoms with Crippen molar-refractivity contribution in [2.45, 2.75) is 39.2 Å². The molecular weight excluding hydrogens is 350 g/mol. The zero-order valence-electron chi connectivity index (χ0n) is 17.1. The smallest absolute Gasteiger partial charge is 0.282 e. The molecule has 150 valence electrons. The summed E-state index contributed by atoms with van der Waals surface area (Å²) in [7, 11) is 0. The highest BCUT2D eigenvalue weighted by molar-refractivity contribution is 5.94. The summed E-state index contributed by atoms with van der Waals surface area (Å²) >= 11 is 0. The van der Waals surface area contributed by atoms with E-state index in [2.05, 4.69) is 30.1 Å². The van der Waals surface area contributed by atoms with Gasteiger partial charge in [-0.3, -0.25) is 4.79 Å². The molecule has 2 atom stereocenters. The Labute approximate surface area is 168 Å². The molecule has 5 heteroatoms. The van der Waals surface area contributed by atoms with Gasteiger partial charge in [0.2, 0.25) is 0 Å². The highest BCUT2D eigenvalue weighted by Crippen LogP contribution is 2.27. The first-order valence-electron chi connectivity index (χ1n) is 10.3. The molecule has 28 heavy (non-hydrogen) atoms. The second kappa shape index (κ2) is 9.11. The first kappa shape index (κ1) is 20.2. The molecule has 1 aliphatic rings. The van der Waals surface area contributed by atoms with Gasteiger partial charge in [0.25, 0.3) is 5.91 Å². The van der Waals surface area contributed by atoms with Crippen LogP contribution >= 0.6 is 0 Å². The van der Waals surface area contributed by atoms with Crippen molar-refractivity contribution in [3.05, 3.63) is 54.1 Å². The number of nitrogens with zero attached hydrogens (tertiary/aromatic N) is 1. The van der Waals surface area contributed by atoms with E-state index in [9.17, 15) is 9.90 Å². The van der Waals surface area contributed by atoms with Crippen LogP contribution in [0, 0.1) is 0 Å². The Morgan fingerprint density at radius 3 is 2.43 bits per heavy atom. The van der Waals surface area contributed by atoms with Crippen LogP contribution < -0.4 is 15.1 Å². The number of hydrogen-bond donors (Lipinski definition) is 3. The van der Waals surface area contributed by atoms with Crippen LogP contribution in [0.1, 0.15) is 38.7 Å². The minimum atomic E-state index is -0.114. The standard InChI is InChI=1S/C23H31N3O2/c1-4-17(2)19-9-5-6-10-20(19)24-23(28)18(3)25-13-15-26(16-14-25)21-11-7-8-12-22(21)27/h5-12,17-18,27H,4,13-16H2,1-3H3,(H,24,28)/p+1/t17-,18+/m0/s1. The zero-order valence-corrected chi connectivity index (χ0v) is 17.1. The number of phenolic OH excluding ortho intramolecular Hbond substituents is 1. The third-order valence-electron chi connectivity index (χ3n) is 6.00. The minimum Gasteiger partial charge on any atom is -0.506 e. The largest absolute Gasteiger partial charge is 0.506 e. The molecule has 0 unspecified atom stereocenters. The number of carbonyl (C=O) groups is 1. The van der Waals surface area contributed by atoms with Gasteiger partial charge in [-0.1, -0.05) is 44.2 Å². The molecule has 0 aromatic heterocycles. The number of para-hydroxylation sites is 3. The number of hydrogen-bond acceptors (Lipinski definition) is 3. The van der Waals surface area contributed by atoms with Crippen LogP contribution in [0.25, 0.3) is 0 Å². The van der Waals surface area contributed by atoms with Gasteiger partial charge in [0.15, 0.2) is 6.04 Å². The number of aromatic hydroxyl groups is 1. The van der Waals surface area contributed by atoms with Gasteiger partial charge >= 0.3 is 0 Å². The summed E-state index contributed by atoms with van der Waals surface area (Å²) in [4.78, 5) is 16.4. The molecule has 1 amide bonds. The fourth-order valence-electron chi connectivity index (χ4n) is 3.89. The van der Waals surface area contributed by atoms with Gasteiger partial charge in [0.05, 0.1) is 31.9 Å². The average Bonchev–Trinajstić information content (AvgIpc) is 2.73. The molecule has 3 rings (SSSR count). The number of amides is 1. The van der Waals surface area contributed by atoms with Gasteiger partial charge in [-0.05, 0) is 43.0 Å². The third kappa shape index (κ3) is 4.47. The molecule has 5 nitrogen and oxygen atoms in total. The molecule has 2 aromatic rings. The summed E-state index contributed by atoms with van der Waals surface area (Å²) in [6.45, 7) is 9.76. The molecule has 0 saturated carbocycles. The van der Waals surface area contributed by atoms with Crippen LogP contribution in [-0.2, 0) is 4.79 Å². The lowest BCUT2D eigenvalue weighted by atomic mass is 9.97. The number of carbonyl (C=O) groups excluding carboxylic acids is 1. The van der Waals surface area contributed by atoms with Crippen LogP contribution in [-0.4, -0.2) is 43.2 Å². The fourth-order valence-corrected chi connectivity index (χ4v) is 3.89. The van der Waals surface area contributed by atoms with Crippen molar-refractivity contribution in [2.75, 3.05) is 36.4 Å². The lowest BCUT2D eigenvalue weighted by molar-refractivity contribution is -0.914. The third-order valence-corrected chi connectivity index (χ3v) is 6.00. The highest BCUT2D eigenvalue weighted by Gasteiger charge is 2.30. The Bertz CT molecular complexity index is 800. The Kier molecular flexibility index (Phi) is 6.57. The van der Waals surface area contributed by atoms with Crippen molar-refractivity contribution in [1.29, 1.82) is 0 Å². The van der Waals surface area contributed by atoms with E-state index in [1.165, 1.54) is 10.5 Å². The summed E-state index contributed by atoms with van der Waals surface area (Å²) < 4.78 is 0. The summed E-state index contributed by atoms with van der Waals surface area (Å²) in [6, 6.07) is 15.4. The molecule has 0 radical (unpaired) electrons. The zero-order chi connectivity index (χ0) is 20.1. The van der Waals surface area contributed by atoms with E-state index in [-0.39, 0.29) is 11.9 Å². The Hall–Kier alpha value is -2.53. The first-order valence-corrected chi connectivity index (χ1v) is 10.3. The molecule has 1 aliphatic heterocycles. The van der Waals surface area contributed by atoms with Gasteiger partial charge in [0, 0.05) is 5.69 Å².